The third-order valence-electron chi connectivity index (χ3n) is 19.5. The Bertz CT molecular complexity index is 1170. The number of rotatable bonds is 1. The highest BCUT2D eigenvalue weighted by Gasteiger charge is 2.13. The van der Waals surface area contributed by atoms with Crippen molar-refractivity contribution in [1.82, 2.24) is 64.1 Å². The SMILES string of the molecule is C1CCCCC1.C1CCCCC1.C1CCOCC1.CC.CC.CC.CC.CC.CC.CC.CC.CC1CCCCC1.CCN1CCN(C)CC1.CN1CCCC1.CN1CCCC1.CN1CCCCC1.CN1CCCCC1.CN1CCN(C)C1.CN1CCN(C)CC1.CN1CCNCC1.CN1CCOCC1. The van der Waals surface area contributed by atoms with E-state index in [2.05, 4.69) is 155 Å². The van der Waals surface area contributed by atoms with Gasteiger partial charge in [-0.25, -0.2) is 0 Å². The number of morpholine rings is 1. The van der Waals surface area contributed by atoms with E-state index in [1.807, 2.05) is 111 Å². The first kappa shape index (κ1) is 120. The Morgan fingerprint density at radius 3 is 0.571 bits per heavy atom. The van der Waals surface area contributed by atoms with Crippen LogP contribution in [0.3, 0.4) is 0 Å². The molecule has 1 N–H and O–H groups in total. The molecule has 0 spiro atoms. The molecule has 10 heterocycles. The smallest absolute Gasteiger partial charge is 0.0594 e. The quantitative estimate of drug-likeness (QED) is 0.271. The summed E-state index contributed by atoms with van der Waals surface area (Å²) in [5.74, 6) is 1.04. The number of hydrogen-bond acceptors (Lipinski definition) is 15. The molecular formula is C90H209N13O2. The fraction of sp³-hybridized carbons (Fsp3) is 1.00. The first-order valence-corrected chi connectivity index (χ1v) is 46.3. The summed E-state index contributed by atoms with van der Waals surface area (Å²) in [5.41, 5.74) is 0. The lowest BCUT2D eigenvalue weighted by Gasteiger charge is -2.31. The van der Waals surface area contributed by atoms with E-state index >= 15 is 0 Å². The summed E-state index contributed by atoms with van der Waals surface area (Å²) < 4.78 is 10.2. The van der Waals surface area contributed by atoms with Gasteiger partial charge in [-0.15, -0.1) is 0 Å². The maximum absolute atomic E-state index is 5.10. The maximum atomic E-state index is 5.10. The van der Waals surface area contributed by atoms with Gasteiger partial charge in [-0.1, -0.05) is 247 Å². The molecule has 13 rings (SSSR count). The second-order valence-corrected chi connectivity index (χ2v) is 29.0. The highest BCUT2D eigenvalue weighted by atomic mass is 16.5. The number of piperazine rings is 3. The van der Waals surface area contributed by atoms with Crippen molar-refractivity contribution in [3.05, 3.63) is 0 Å². The van der Waals surface area contributed by atoms with E-state index in [1.165, 1.54) is 330 Å². The lowest BCUT2D eigenvalue weighted by atomic mass is 9.91. The van der Waals surface area contributed by atoms with Gasteiger partial charge >= 0.3 is 0 Å². The standard InChI is InChI=1S/C7H16N2.C7H14.C6H14N2.2C6H13N.2C6H12.2C5H12N2.C5H11NO.2C5H11N.C5H10O.8C2H6/c1-3-9-6-4-8(2)5-7-9;1-7-5-3-2-4-6-7;1-7-3-5-8(2)6-4-7;2*1-7-5-3-2-4-6-7;2*1-2-4-6-5-3-1;1-6-3-4-7(2)5-6;1-7-4-2-6-3-5-7;1-6-2-4-7-5-3-6;2*1-6-4-2-3-5-6;1-2-4-6-5-3-1;8*1-2/h3-7H2,1-2H3;7H,2-6H2,1H3;3-6H2,1-2H3;2*2-6H2,1H3;2*1-6H2;3-5H2,1-2H3;6H,2-5H2,1H3;2-5H2,1H3;2*2-5H2,1H3;1-5H2;8*1-2H3. The van der Waals surface area contributed by atoms with Crippen LogP contribution in [0.15, 0.2) is 0 Å². The van der Waals surface area contributed by atoms with Crippen LogP contribution in [0.4, 0.5) is 0 Å². The van der Waals surface area contributed by atoms with Crippen LogP contribution in [0.1, 0.15) is 317 Å². The Morgan fingerprint density at radius 2 is 0.419 bits per heavy atom. The zero-order valence-electron chi connectivity index (χ0n) is 78.7. The number of likely N-dealkylation sites (N-methyl/N-ethyl adjacent to an activating group) is 8. The summed E-state index contributed by atoms with van der Waals surface area (Å²) >= 11 is 0. The number of hydrogen-bond donors (Lipinski definition) is 1. The maximum Gasteiger partial charge on any atom is 0.0594 e. The molecule has 3 aliphatic carbocycles. The Morgan fingerprint density at radius 1 is 0.219 bits per heavy atom. The average Bonchev–Trinajstić information content (AvgIpc) is 1.30. The van der Waals surface area contributed by atoms with Crippen molar-refractivity contribution in [1.29, 1.82) is 0 Å². The zero-order valence-corrected chi connectivity index (χ0v) is 78.7. The van der Waals surface area contributed by atoms with Gasteiger partial charge in [-0.3, -0.25) is 9.80 Å². The van der Waals surface area contributed by atoms with Gasteiger partial charge in [0, 0.05) is 118 Å². The molecule has 0 unspecified atom stereocenters. The van der Waals surface area contributed by atoms with Crippen LogP contribution in [-0.2, 0) is 9.47 Å². The second kappa shape index (κ2) is 105. The van der Waals surface area contributed by atoms with E-state index in [4.69, 9.17) is 9.47 Å². The van der Waals surface area contributed by atoms with Crippen molar-refractivity contribution in [3.8, 4) is 0 Å². The molecule has 10 saturated heterocycles. The predicted molar refractivity (Wildman–Crippen MR) is 483 cm³/mol. The minimum absolute atomic E-state index is 0.913. The van der Waals surface area contributed by atoms with Crippen LogP contribution in [0, 0.1) is 5.92 Å². The molecule has 13 aliphatic rings. The number of ether oxygens (including phenoxy) is 2. The van der Waals surface area contributed by atoms with Crippen molar-refractivity contribution < 1.29 is 9.47 Å². The molecule has 0 aromatic heterocycles. The van der Waals surface area contributed by atoms with E-state index in [0.29, 0.717) is 0 Å². The van der Waals surface area contributed by atoms with E-state index in [-0.39, 0.29) is 0 Å². The van der Waals surface area contributed by atoms with Crippen LogP contribution in [-0.4, -0.2) is 333 Å². The number of nitrogens with zero attached hydrogens (tertiary/aromatic N) is 12. The molecule has 0 aromatic rings. The largest absolute Gasteiger partial charge is 0.381 e. The average molecular weight is 1510 g/mol. The van der Waals surface area contributed by atoms with Crippen molar-refractivity contribution >= 4 is 0 Å². The molecule has 10 aliphatic heterocycles. The predicted octanol–water partition coefficient (Wildman–Crippen LogP) is 19.7. The van der Waals surface area contributed by atoms with Gasteiger partial charge in [0.05, 0.1) is 19.9 Å². The molecule has 0 radical (unpaired) electrons. The first-order valence-electron chi connectivity index (χ1n) is 46.3. The molecule has 0 atom stereocenters. The van der Waals surface area contributed by atoms with E-state index in [1.54, 1.807) is 0 Å². The molecule has 0 bridgehead atoms. The first-order chi connectivity index (χ1) is 51.2. The van der Waals surface area contributed by atoms with E-state index in [9.17, 15) is 0 Å². The van der Waals surface area contributed by atoms with E-state index in [0.717, 1.165) is 65.2 Å². The van der Waals surface area contributed by atoms with Crippen LogP contribution >= 0.6 is 0 Å². The van der Waals surface area contributed by atoms with E-state index < -0.39 is 0 Å². The highest BCUT2D eigenvalue weighted by molar-refractivity contribution is 4.69. The summed E-state index contributed by atoms with van der Waals surface area (Å²) in [6.45, 7) is 72.7. The minimum Gasteiger partial charge on any atom is -0.381 e. The summed E-state index contributed by atoms with van der Waals surface area (Å²) in [5, 5.41) is 3.27. The Labute approximate surface area is 667 Å². The molecule has 646 valence electrons. The van der Waals surface area contributed by atoms with Crippen molar-refractivity contribution in [2.45, 2.75) is 317 Å². The molecule has 105 heavy (non-hydrogen) atoms. The van der Waals surface area contributed by atoms with Crippen LogP contribution < -0.4 is 5.32 Å². The fourth-order valence-corrected chi connectivity index (χ4v) is 12.4. The van der Waals surface area contributed by atoms with Gasteiger partial charge in [0.25, 0.3) is 0 Å². The lowest BCUT2D eigenvalue weighted by Crippen LogP contribution is -2.44. The van der Waals surface area contributed by atoms with Crippen LogP contribution in [0.5, 0.6) is 0 Å². The van der Waals surface area contributed by atoms with Gasteiger partial charge < -0.3 is 63.8 Å². The fourth-order valence-electron chi connectivity index (χ4n) is 12.4. The Kier molecular flexibility index (Phi) is 121. The monoisotopic (exact) mass is 1500 g/mol. The zero-order chi connectivity index (χ0) is 81.1. The third-order valence-corrected chi connectivity index (χ3v) is 19.5. The van der Waals surface area contributed by atoms with Crippen LogP contribution in [0.2, 0.25) is 0 Å². The van der Waals surface area contributed by atoms with Gasteiger partial charge in [0.15, 0.2) is 0 Å². The van der Waals surface area contributed by atoms with Crippen molar-refractivity contribution in [2.75, 3.05) is 274 Å². The highest BCUT2D eigenvalue weighted by Crippen LogP contribution is 2.22. The Balaban J connectivity index is -0.000000159. The van der Waals surface area contributed by atoms with Gasteiger partial charge in [0.2, 0.25) is 0 Å². The topological polar surface area (TPSA) is 69.4 Å². The van der Waals surface area contributed by atoms with Gasteiger partial charge in [-0.05, 0) is 213 Å². The van der Waals surface area contributed by atoms with Gasteiger partial charge in [-0.2, -0.15) is 0 Å². The van der Waals surface area contributed by atoms with Crippen molar-refractivity contribution in [3.63, 3.8) is 0 Å². The molecule has 15 heteroatoms. The summed E-state index contributed by atoms with van der Waals surface area (Å²) in [6, 6.07) is 0. The summed E-state index contributed by atoms with van der Waals surface area (Å²) in [7, 11) is 23.8. The number of likely N-dealkylation sites (tertiary alicyclic amines) is 4. The molecule has 13 fully saturated rings. The molecular weight excluding hydrogens is 1300 g/mol. The number of piperidine rings is 2. The van der Waals surface area contributed by atoms with Crippen molar-refractivity contribution in [2.24, 2.45) is 5.92 Å². The number of nitrogens with one attached hydrogen (secondary N) is 1. The third kappa shape index (κ3) is 101. The van der Waals surface area contributed by atoms with Crippen LogP contribution in [0.25, 0.3) is 0 Å². The second-order valence-electron chi connectivity index (χ2n) is 29.0. The molecule has 0 aromatic carbocycles. The Hall–Kier alpha value is -0.600. The molecule has 0 amide bonds. The lowest BCUT2D eigenvalue weighted by molar-refractivity contribution is 0.0503. The summed E-state index contributed by atoms with van der Waals surface area (Å²) in [4.78, 5) is 28.3. The van der Waals surface area contributed by atoms with Gasteiger partial charge in [0.1, 0.15) is 0 Å². The summed E-state index contributed by atoms with van der Waals surface area (Å²) in [6.07, 6.45) is 43.6. The minimum atomic E-state index is 0.913. The normalized spacial score (nSPS) is 21.8. The molecule has 15 nitrogen and oxygen atoms in total. The molecule has 3 saturated carbocycles.